The van der Waals surface area contributed by atoms with Crippen molar-refractivity contribution in [2.24, 2.45) is 0 Å². The summed E-state index contributed by atoms with van der Waals surface area (Å²) in [7, 11) is 0. The number of nitrogens with one attached hydrogen (secondary N) is 1. The Hall–Kier alpha value is -2.86. The Balaban J connectivity index is 1.55. The van der Waals surface area contributed by atoms with Crippen molar-refractivity contribution in [3.05, 3.63) is 77.9 Å². The number of hydrogen-bond acceptors (Lipinski definition) is 4. The minimum Gasteiger partial charge on any atom is -0.349 e. The van der Waals surface area contributed by atoms with Crippen LogP contribution in [0.3, 0.4) is 0 Å². The second-order valence-corrected chi connectivity index (χ2v) is 8.21. The highest BCUT2D eigenvalue weighted by atomic mass is 32.2. The van der Waals surface area contributed by atoms with E-state index in [0.29, 0.717) is 18.3 Å². The Kier molecular flexibility index (Phi) is 5.81. The summed E-state index contributed by atoms with van der Waals surface area (Å²) in [5.41, 5.74) is 3.97. The molecule has 4 rings (SSSR count). The third-order valence-corrected chi connectivity index (χ3v) is 5.89. The van der Waals surface area contributed by atoms with E-state index in [0.717, 1.165) is 40.5 Å². The summed E-state index contributed by atoms with van der Waals surface area (Å²) in [6.45, 7) is 6.57. The number of benzene rings is 2. The van der Waals surface area contributed by atoms with E-state index in [2.05, 4.69) is 57.8 Å². The standard InChI is InChI=1S/C23H24N4OS/c1-3-14-27-21(17-10-8-16(2)9-11-17)25-26-23(27)29-15-18-6-4-5-7-20(18)22(28)24-19-12-13-19/h3-11,19H,1,12-15H2,2H3,(H,24,28). The molecule has 1 aliphatic rings. The van der Waals surface area contributed by atoms with Crippen LogP contribution in [-0.4, -0.2) is 26.7 Å². The SMILES string of the molecule is C=CCn1c(SCc2ccccc2C(=O)NC2CC2)nnc1-c1ccc(C)cc1. The highest BCUT2D eigenvalue weighted by molar-refractivity contribution is 7.98. The van der Waals surface area contributed by atoms with Gasteiger partial charge in [0, 0.05) is 29.5 Å². The van der Waals surface area contributed by atoms with Crippen LogP contribution in [-0.2, 0) is 12.3 Å². The fourth-order valence-electron chi connectivity index (χ4n) is 3.11. The number of carbonyl (C=O) groups excluding carboxylic acids is 1. The molecular formula is C23H24N4OS. The van der Waals surface area contributed by atoms with Crippen molar-refractivity contribution >= 4 is 17.7 Å². The zero-order chi connectivity index (χ0) is 20.2. The van der Waals surface area contributed by atoms with Crippen LogP contribution in [0.5, 0.6) is 0 Å². The van der Waals surface area contributed by atoms with Gasteiger partial charge in [0.15, 0.2) is 11.0 Å². The molecule has 1 amide bonds. The van der Waals surface area contributed by atoms with E-state index in [-0.39, 0.29) is 5.91 Å². The molecule has 0 radical (unpaired) electrons. The van der Waals surface area contributed by atoms with Crippen LogP contribution in [0.25, 0.3) is 11.4 Å². The Morgan fingerprint density at radius 3 is 2.69 bits per heavy atom. The van der Waals surface area contributed by atoms with Crippen molar-refractivity contribution in [2.75, 3.05) is 0 Å². The number of aromatic nitrogens is 3. The van der Waals surface area contributed by atoms with Crippen LogP contribution in [0.2, 0.25) is 0 Å². The number of amides is 1. The topological polar surface area (TPSA) is 59.8 Å². The molecule has 2 aromatic carbocycles. The molecule has 0 unspecified atom stereocenters. The molecule has 29 heavy (non-hydrogen) atoms. The highest BCUT2D eigenvalue weighted by Gasteiger charge is 2.24. The van der Waals surface area contributed by atoms with Crippen molar-refractivity contribution in [3.8, 4) is 11.4 Å². The van der Waals surface area contributed by atoms with Gasteiger partial charge in [-0.3, -0.25) is 9.36 Å². The van der Waals surface area contributed by atoms with Crippen LogP contribution in [0, 0.1) is 6.92 Å². The summed E-state index contributed by atoms with van der Waals surface area (Å²) in [6.07, 6.45) is 4.01. The van der Waals surface area contributed by atoms with Crippen LogP contribution in [0.1, 0.15) is 34.3 Å². The second-order valence-electron chi connectivity index (χ2n) is 7.27. The van der Waals surface area contributed by atoms with Gasteiger partial charge in [0.2, 0.25) is 0 Å². The monoisotopic (exact) mass is 404 g/mol. The lowest BCUT2D eigenvalue weighted by atomic mass is 10.1. The molecule has 3 aromatic rings. The first kappa shape index (κ1) is 19.5. The van der Waals surface area contributed by atoms with Crippen LogP contribution in [0.15, 0.2) is 66.3 Å². The smallest absolute Gasteiger partial charge is 0.251 e. The summed E-state index contributed by atoms with van der Waals surface area (Å²) in [6, 6.07) is 16.4. The maximum atomic E-state index is 12.5. The lowest BCUT2D eigenvalue weighted by molar-refractivity contribution is 0.0950. The molecule has 5 nitrogen and oxygen atoms in total. The molecular weight excluding hydrogens is 380 g/mol. The molecule has 0 atom stereocenters. The number of hydrogen-bond donors (Lipinski definition) is 1. The van der Waals surface area contributed by atoms with E-state index < -0.39 is 0 Å². The normalized spacial score (nSPS) is 13.3. The van der Waals surface area contributed by atoms with Crippen molar-refractivity contribution < 1.29 is 4.79 Å². The average molecular weight is 405 g/mol. The Morgan fingerprint density at radius 2 is 1.97 bits per heavy atom. The molecule has 1 aliphatic carbocycles. The fourth-order valence-corrected chi connectivity index (χ4v) is 4.06. The Labute approximate surface area is 175 Å². The number of nitrogens with zero attached hydrogens (tertiary/aromatic N) is 3. The number of rotatable bonds is 8. The molecule has 0 saturated heterocycles. The van der Waals surface area contributed by atoms with Gasteiger partial charge < -0.3 is 5.32 Å². The quantitative estimate of drug-likeness (QED) is 0.439. The van der Waals surface area contributed by atoms with E-state index >= 15 is 0 Å². The van der Waals surface area contributed by atoms with Crippen molar-refractivity contribution in [1.29, 1.82) is 0 Å². The van der Waals surface area contributed by atoms with E-state index in [9.17, 15) is 4.79 Å². The first-order valence-electron chi connectivity index (χ1n) is 9.78. The molecule has 1 saturated carbocycles. The van der Waals surface area contributed by atoms with Crippen molar-refractivity contribution in [1.82, 2.24) is 20.1 Å². The number of thioether (sulfide) groups is 1. The maximum absolute atomic E-state index is 12.5. The van der Waals surface area contributed by atoms with Gasteiger partial charge in [-0.15, -0.1) is 16.8 Å². The summed E-state index contributed by atoms with van der Waals surface area (Å²) < 4.78 is 2.06. The van der Waals surface area contributed by atoms with Gasteiger partial charge >= 0.3 is 0 Å². The molecule has 148 valence electrons. The molecule has 0 spiro atoms. The molecule has 1 aromatic heterocycles. The first-order chi connectivity index (χ1) is 14.2. The van der Waals surface area contributed by atoms with Gasteiger partial charge in [-0.2, -0.15) is 0 Å². The minimum atomic E-state index is 0.0107. The fraction of sp³-hybridized carbons (Fsp3) is 0.261. The highest BCUT2D eigenvalue weighted by Crippen LogP contribution is 2.28. The first-order valence-corrected chi connectivity index (χ1v) is 10.8. The van der Waals surface area contributed by atoms with Gasteiger partial charge in [0.1, 0.15) is 0 Å². The van der Waals surface area contributed by atoms with E-state index in [1.165, 1.54) is 5.56 Å². The molecule has 6 heteroatoms. The van der Waals surface area contributed by atoms with Gasteiger partial charge in [-0.25, -0.2) is 0 Å². The van der Waals surface area contributed by atoms with Gasteiger partial charge in [0.05, 0.1) is 0 Å². The predicted molar refractivity (Wildman–Crippen MR) is 117 cm³/mol. The molecule has 0 aliphatic heterocycles. The average Bonchev–Trinajstić information content (AvgIpc) is 3.46. The van der Waals surface area contributed by atoms with E-state index in [1.54, 1.807) is 11.8 Å². The number of aryl methyl sites for hydroxylation is 1. The third kappa shape index (κ3) is 4.59. The van der Waals surface area contributed by atoms with Gasteiger partial charge in [0.25, 0.3) is 5.91 Å². The lowest BCUT2D eigenvalue weighted by Crippen LogP contribution is -2.26. The van der Waals surface area contributed by atoms with Gasteiger partial charge in [-0.1, -0.05) is 65.9 Å². The summed E-state index contributed by atoms with van der Waals surface area (Å²) >= 11 is 1.59. The largest absolute Gasteiger partial charge is 0.349 e. The van der Waals surface area contributed by atoms with Crippen molar-refractivity contribution in [2.45, 2.75) is 43.3 Å². The summed E-state index contributed by atoms with van der Waals surface area (Å²) in [5, 5.41) is 12.7. The Bertz CT molecular complexity index is 1020. The third-order valence-electron chi connectivity index (χ3n) is 4.87. The van der Waals surface area contributed by atoms with Crippen LogP contribution >= 0.6 is 11.8 Å². The molecule has 1 N–H and O–H groups in total. The maximum Gasteiger partial charge on any atom is 0.251 e. The molecule has 1 fully saturated rings. The van der Waals surface area contributed by atoms with E-state index in [4.69, 9.17) is 0 Å². The zero-order valence-electron chi connectivity index (χ0n) is 16.5. The van der Waals surface area contributed by atoms with Crippen molar-refractivity contribution in [3.63, 3.8) is 0 Å². The number of carbonyl (C=O) groups is 1. The number of allylic oxidation sites excluding steroid dienone is 1. The van der Waals surface area contributed by atoms with Crippen LogP contribution < -0.4 is 5.32 Å². The molecule has 1 heterocycles. The van der Waals surface area contributed by atoms with Gasteiger partial charge in [-0.05, 0) is 31.4 Å². The summed E-state index contributed by atoms with van der Waals surface area (Å²) in [4.78, 5) is 12.5. The van der Waals surface area contributed by atoms with Crippen LogP contribution in [0.4, 0.5) is 0 Å². The minimum absolute atomic E-state index is 0.0107. The molecule has 0 bridgehead atoms. The second kappa shape index (κ2) is 8.66. The predicted octanol–water partition coefficient (Wildman–Crippen LogP) is 4.62. The zero-order valence-corrected chi connectivity index (χ0v) is 17.3. The summed E-state index contributed by atoms with van der Waals surface area (Å²) in [5.74, 6) is 1.49. The lowest BCUT2D eigenvalue weighted by Gasteiger charge is -2.11. The van der Waals surface area contributed by atoms with E-state index in [1.807, 2.05) is 30.3 Å². The Morgan fingerprint density at radius 1 is 1.21 bits per heavy atom.